The standard InChI is InChI=1S/C21H16ClN7/c1-12(28-21-15(10-23)20(24)26-11-27-21)19-14(17-6-2-3-8-25-17)9-13-16(22)5-4-7-18(13)29-19/h2-9,11-12H,1H3,(H3,24,26,27,28). The van der Waals surface area contributed by atoms with Crippen molar-refractivity contribution >= 4 is 34.1 Å². The Morgan fingerprint density at radius 1 is 1.14 bits per heavy atom. The number of nitrogens with one attached hydrogen (secondary N) is 1. The molecule has 1 unspecified atom stereocenters. The highest BCUT2D eigenvalue weighted by molar-refractivity contribution is 6.35. The quantitative estimate of drug-likeness (QED) is 0.522. The number of nitrogens with zero attached hydrogens (tertiary/aromatic N) is 5. The van der Waals surface area contributed by atoms with Crippen molar-refractivity contribution in [3.63, 3.8) is 0 Å². The van der Waals surface area contributed by atoms with Gasteiger partial charge >= 0.3 is 0 Å². The lowest BCUT2D eigenvalue weighted by Gasteiger charge is -2.19. The second kappa shape index (κ2) is 7.70. The van der Waals surface area contributed by atoms with Crippen molar-refractivity contribution in [2.75, 3.05) is 11.1 Å². The van der Waals surface area contributed by atoms with Gasteiger partial charge in [-0.1, -0.05) is 23.7 Å². The molecule has 0 spiro atoms. The Kier molecular flexibility index (Phi) is 4.94. The first-order valence-electron chi connectivity index (χ1n) is 8.86. The van der Waals surface area contributed by atoms with Gasteiger partial charge in [0.2, 0.25) is 0 Å². The summed E-state index contributed by atoms with van der Waals surface area (Å²) >= 11 is 6.39. The van der Waals surface area contributed by atoms with Crippen LogP contribution < -0.4 is 11.1 Å². The maximum absolute atomic E-state index is 9.40. The van der Waals surface area contributed by atoms with Crippen LogP contribution in [0.2, 0.25) is 5.02 Å². The normalized spacial score (nSPS) is 11.8. The van der Waals surface area contributed by atoms with Gasteiger partial charge in [0.15, 0.2) is 0 Å². The van der Waals surface area contributed by atoms with E-state index in [2.05, 4.69) is 20.3 Å². The van der Waals surface area contributed by atoms with Gasteiger partial charge < -0.3 is 11.1 Å². The molecule has 0 aliphatic heterocycles. The van der Waals surface area contributed by atoms with Crippen molar-refractivity contribution in [2.24, 2.45) is 0 Å². The monoisotopic (exact) mass is 401 g/mol. The zero-order valence-electron chi connectivity index (χ0n) is 15.5. The van der Waals surface area contributed by atoms with Gasteiger partial charge in [0.25, 0.3) is 0 Å². The number of halogens is 1. The molecule has 0 aliphatic rings. The van der Waals surface area contributed by atoms with Gasteiger partial charge in [-0.25, -0.2) is 15.0 Å². The Morgan fingerprint density at radius 2 is 2.00 bits per heavy atom. The Hall–Kier alpha value is -3.76. The van der Waals surface area contributed by atoms with Crippen molar-refractivity contribution < 1.29 is 0 Å². The number of anilines is 2. The van der Waals surface area contributed by atoms with Crippen molar-refractivity contribution in [1.82, 2.24) is 19.9 Å². The first-order chi connectivity index (χ1) is 14.1. The molecule has 29 heavy (non-hydrogen) atoms. The van der Waals surface area contributed by atoms with Gasteiger partial charge in [0.05, 0.1) is 22.9 Å². The number of fused-ring (bicyclic) bond motifs is 1. The number of nitrogen functional groups attached to an aromatic ring is 1. The molecule has 7 nitrogen and oxygen atoms in total. The lowest BCUT2D eigenvalue weighted by molar-refractivity contribution is 0.838. The second-order valence-electron chi connectivity index (χ2n) is 6.40. The molecule has 0 saturated carbocycles. The number of aromatic nitrogens is 4. The topological polar surface area (TPSA) is 113 Å². The molecule has 0 radical (unpaired) electrons. The summed E-state index contributed by atoms with van der Waals surface area (Å²) in [6.07, 6.45) is 3.05. The minimum absolute atomic E-state index is 0.125. The van der Waals surface area contributed by atoms with E-state index >= 15 is 0 Å². The number of hydrogen-bond acceptors (Lipinski definition) is 7. The summed E-state index contributed by atoms with van der Waals surface area (Å²) in [5.41, 5.74) is 9.13. The van der Waals surface area contributed by atoms with E-state index in [1.165, 1.54) is 6.33 Å². The number of benzene rings is 1. The Morgan fingerprint density at radius 3 is 2.76 bits per heavy atom. The molecule has 0 fully saturated rings. The van der Waals surface area contributed by atoms with Crippen LogP contribution in [0.1, 0.15) is 24.2 Å². The first-order valence-corrected chi connectivity index (χ1v) is 9.24. The molecule has 1 atom stereocenters. The van der Waals surface area contributed by atoms with E-state index in [1.807, 2.05) is 55.5 Å². The van der Waals surface area contributed by atoms with Gasteiger partial charge in [-0.3, -0.25) is 4.98 Å². The third kappa shape index (κ3) is 3.53. The molecular formula is C21H16ClN7. The summed E-state index contributed by atoms with van der Waals surface area (Å²) in [6, 6.07) is 15.0. The van der Waals surface area contributed by atoms with Crippen LogP contribution in [-0.4, -0.2) is 19.9 Å². The molecule has 0 aliphatic carbocycles. The molecule has 3 heterocycles. The van der Waals surface area contributed by atoms with Crippen LogP contribution in [0.5, 0.6) is 0 Å². The fourth-order valence-electron chi connectivity index (χ4n) is 3.12. The van der Waals surface area contributed by atoms with E-state index in [1.54, 1.807) is 6.20 Å². The van der Waals surface area contributed by atoms with Crippen molar-refractivity contribution in [2.45, 2.75) is 13.0 Å². The summed E-state index contributed by atoms with van der Waals surface area (Å²) in [4.78, 5) is 17.4. The van der Waals surface area contributed by atoms with Crippen molar-refractivity contribution in [1.29, 1.82) is 5.26 Å². The summed E-state index contributed by atoms with van der Waals surface area (Å²) < 4.78 is 0. The predicted octanol–water partition coefficient (Wildman–Crippen LogP) is 4.37. The van der Waals surface area contributed by atoms with E-state index in [0.29, 0.717) is 10.8 Å². The Labute approximate surface area is 172 Å². The van der Waals surface area contributed by atoms with Gasteiger partial charge in [0.1, 0.15) is 29.6 Å². The first kappa shape index (κ1) is 18.6. The smallest absolute Gasteiger partial charge is 0.150 e. The molecule has 0 bridgehead atoms. The van der Waals surface area contributed by atoms with Crippen LogP contribution in [-0.2, 0) is 0 Å². The maximum atomic E-state index is 9.40. The molecule has 142 valence electrons. The van der Waals surface area contributed by atoms with Crippen LogP contribution in [0, 0.1) is 11.3 Å². The van der Waals surface area contributed by atoms with E-state index in [9.17, 15) is 5.26 Å². The number of nitrogens with two attached hydrogens (primary N) is 1. The summed E-state index contributed by atoms with van der Waals surface area (Å²) in [5.74, 6) is 0.480. The minimum atomic E-state index is -0.295. The average molecular weight is 402 g/mol. The van der Waals surface area contributed by atoms with Gasteiger partial charge in [-0.05, 0) is 37.3 Å². The molecule has 0 amide bonds. The highest BCUT2D eigenvalue weighted by Crippen LogP contribution is 2.33. The van der Waals surface area contributed by atoms with E-state index < -0.39 is 0 Å². The van der Waals surface area contributed by atoms with Crippen LogP contribution in [0.15, 0.2) is 55.0 Å². The average Bonchev–Trinajstić information content (AvgIpc) is 2.74. The molecule has 8 heteroatoms. The molecule has 4 rings (SSSR count). The summed E-state index contributed by atoms with van der Waals surface area (Å²) in [5, 5.41) is 14.1. The number of rotatable bonds is 4. The zero-order chi connectivity index (χ0) is 20.4. The van der Waals surface area contributed by atoms with Crippen LogP contribution in [0.25, 0.3) is 22.2 Å². The minimum Gasteiger partial charge on any atom is -0.382 e. The SMILES string of the molecule is CC(Nc1ncnc(N)c1C#N)c1nc2cccc(Cl)c2cc1-c1ccccn1. The Bertz CT molecular complexity index is 1240. The highest BCUT2D eigenvalue weighted by Gasteiger charge is 2.19. The molecule has 3 N–H and O–H groups in total. The number of hydrogen-bond donors (Lipinski definition) is 2. The van der Waals surface area contributed by atoms with Gasteiger partial charge in [0, 0.05) is 22.2 Å². The van der Waals surface area contributed by atoms with E-state index in [4.69, 9.17) is 22.3 Å². The van der Waals surface area contributed by atoms with Gasteiger partial charge in [-0.2, -0.15) is 5.26 Å². The zero-order valence-corrected chi connectivity index (χ0v) is 16.2. The second-order valence-corrected chi connectivity index (χ2v) is 6.81. The fourth-order valence-corrected chi connectivity index (χ4v) is 3.35. The third-order valence-electron chi connectivity index (χ3n) is 4.53. The van der Waals surface area contributed by atoms with Crippen LogP contribution in [0.4, 0.5) is 11.6 Å². The predicted molar refractivity (Wildman–Crippen MR) is 113 cm³/mol. The lowest BCUT2D eigenvalue weighted by atomic mass is 10.0. The lowest BCUT2D eigenvalue weighted by Crippen LogP contribution is -2.14. The highest BCUT2D eigenvalue weighted by atomic mass is 35.5. The molecule has 1 aromatic carbocycles. The number of pyridine rings is 2. The van der Waals surface area contributed by atoms with Crippen LogP contribution in [0.3, 0.4) is 0 Å². The van der Waals surface area contributed by atoms with Crippen molar-refractivity contribution in [3.05, 3.63) is 71.3 Å². The summed E-state index contributed by atoms with van der Waals surface area (Å²) in [6.45, 7) is 1.94. The number of nitriles is 1. The molecule has 4 aromatic rings. The van der Waals surface area contributed by atoms with Crippen LogP contribution >= 0.6 is 11.6 Å². The van der Waals surface area contributed by atoms with E-state index in [-0.39, 0.29) is 17.4 Å². The van der Waals surface area contributed by atoms with E-state index in [0.717, 1.165) is 27.9 Å². The fraction of sp³-hybridized carbons (Fsp3) is 0.0952. The third-order valence-corrected chi connectivity index (χ3v) is 4.86. The molecule has 3 aromatic heterocycles. The van der Waals surface area contributed by atoms with Crippen molar-refractivity contribution in [3.8, 4) is 17.3 Å². The largest absolute Gasteiger partial charge is 0.382 e. The Balaban J connectivity index is 1.86. The molecular weight excluding hydrogens is 386 g/mol. The van der Waals surface area contributed by atoms with Gasteiger partial charge in [-0.15, -0.1) is 0 Å². The maximum Gasteiger partial charge on any atom is 0.150 e. The summed E-state index contributed by atoms with van der Waals surface area (Å²) in [7, 11) is 0. The molecule has 0 saturated heterocycles.